The summed E-state index contributed by atoms with van der Waals surface area (Å²) in [6.07, 6.45) is 0.643. The molecule has 13 heavy (non-hydrogen) atoms. The van der Waals surface area contributed by atoms with Crippen LogP contribution in [0.4, 0.5) is 0 Å². The molecule has 0 amide bonds. The van der Waals surface area contributed by atoms with Crippen molar-refractivity contribution in [3.63, 3.8) is 0 Å². The van der Waals surface area contributed by atoms with Crippen molar-refractivity contribution in [1.29, 1.82) is 0 Å². The van der Waals surface area contributed by atoms with Crippen LogP contribution in [-0.2, 0) is 9.84 Å². The van der Waals surface area contributed by atoms with Crippen LogP contribution in [0.25, 0.3) is 0 Å². The fourth-order valence-electron chi connectivity index (χ4n) is 1.08. The van der Waals surface area contributed by atoms with Gasteiger partial charge in [0.05, 0.1) is 10.6 Å². The molecule has 1 aromatic rings. The molecular weight excluding hydrogens is 252 g/mol. The molecule has 72 valence electrons. The van der Waals surface area contributed by atoms with E-state index in [1.165, 1.54) is 0 Å². The average molecular weight is 263 g/mol. The van der Waals surface area contributed by atoms with Crippen LogP contribution in [0.5, 0.6) is 0 Å². The molecule has 4 heteroatoms. The summed E-state index contributed by atoms with van der Waals surface area (Å²) in [6, 6.07) is 6.89. The van der Waals surface area contributed by atoms with Crippen molar-refractivity contribution in [2.24, 2.45) is 0 Å². The van der Waals surface area contributed by atoms with Crippen LogP contribution in [0.3, 0.4) is 0 Å². The molecule has 2 nitrogen and oxygen atoms in total. The Morgan fingerprint density at radius 1 is 1.31 bits per heavy atom. The summed E-state index contributed by atoms with van der Waals surface area (Å²) < 4.78 is 23.9. The van der Waals surface area contributed by atoms with Crippen molar-refractivity contribution in [2.75, 3.05) is 5.75 Å². The van der Waals surface area contributed by atoms with Gasteiger partial charge in [-0.25, -0.2) is 8.42 Å². The fraction of sp³-hybridized carbons (Fsp3) is 0.333. The van der Waals surface area contributed by atoms with E-state index in [-0.39, 0.29) is 5.75 Å². The molecular formula is C9H11BrO2S. The van der Waals surface area contributed by atoms with Crippen molar-refractivity contribution < 1.29 is 8.42 Å². The Kier molecular flexibility index (Phi) is 3.50. The Balaban J connectivity index is 3.15. The Labute approximate surface area is 87.0 Å². The van der Waals surface area contributed by atoms with Crippen molar-refractivity contribution in [3.05, 3.63) is 28.7 Å². The highest BCUT2D eigenvalue weighted by molar-refractivity contribution is 9.10. The predicted octanol–water partition coefficient (Wildman–Crippen LogP) is 2.63. The quantitative estimate of drug-likeness (QED) is 0.840. The first-order valence-electron chi connectivity index (χ1n) is 4.05. The first kappa shape index (κ1) is 10.7. The normalized spacial score (nSPS) is 11.5. The van der Waals surface area contributed by atoms with E-state index < -0.39 is 9.84 Å². The van der Waals surface area contributed by atoms with Gasteiger partial charge in [-0.2, -0.15) is 0 Å². The molecule has 0 fully saturated rings. The van der Waals surface area contributed by atoms with Gasteiger partial charge in [-0.05, 0) is 34.5 Å². The molecule has 0 aliphatic carbocycles. The number of halogens is 1. The van der Waals surface area contributed by atoms with Crippen LogP contribution in [0, 0.1) is 0 Å². The highest BCUT2D eigenvalue weighted by atomic mass is 79.9. The average Bonchev–Trinajstić information content (AvgIpc) is 2.04. The summed E-state index contributed by atoms with van der Waals surface area (Å²) in [5, 5.41) is 0. The smallest absolute Gasteiger partial charge is 0.179 e. The molecule has 0 bridgehead atoms. The number of benzene rings is 1. The van der Waals surface area contributed by atoms with Gasteiger partial charge in [-0.15, -0.1) is 0 Å². The van der Waals surface area contributed by atoms with Crippen molar-refractivity contribution in [3.8, 4) is 0 Å². The van der Waals surface area contributed by atoms with Gasteiger partial charge >= 0.3 is 0 Å². The molecule has 1 aromatic carbocycles. The minimum atomic E-state index is -3.09. The zero-order valence-electron chi connectivity index (χ0n) is 7.33. The summed E-state index contributed by atoms with van der Waals surface area (Å²) >= 11 is 3.22. The van der Waals surface area contributed by atoms with E-state index in [1.807, 2.05) is 6.92 Å². The molecule has 0 heterocycles. The van der Waals surface area contributed by atoms with Gasteiger partial charge in [0, 0.05) is 4.47 Å². The van der Waals surface area contributed by atoms with Crippen LogP contribution in [0.15, 0.2) is 33.6 Å². The summed E-state index contributed by atoms with van der Waals surface area (Å²) in [5.41, 5.74) is 0. The molecule has 0 N–H and O–H groups in total. The molecule has 0 radical (unpaired) electrons. The lowest BCUT2D eigenvalue weighted by molar-refractivity contribution is 0.594. The maximum Gasteiger partial charge on any atom is 0.179 e. The van der Waals surface area contributed by atoms with Crippen LogP contribution < -0.4 is 0 Å². The minimum absolute atomic E-state index is 0.204. The molecule has 0 atom stereocenters. The fourth-order valence-corrected chi connectivity index (χ4v) is 3.51. The number of rotatable bonds is 3. The third kappa shape index (κ3) is 2.54. The van der Waals surface area contributed by atoms with Crippen molar-refractivity contribution >= 4 is 25.8 Å². The standard InChI is InChI=1S/C9H11BrO2S/c1-2-7-13(11,12)9-6-4-3-5-8(9)10/h3-6H,2,7H2,1H3. The Morgan fingerprint density at radius 2 is 1.92 bits per heavy atom. The van der Waals surface area contributed by atoms with Gasteiger partial charge in [0.2, 0.25) is 0 Å². The third-order valence-electron chi connectivity index (χ3n) is 1.64. The van der Waals surface area contributed by atoms with E-state index in [9.17, 15) is 8.42 Å². The first-order chi connectivity index (χ1) is 6.08. The third-order valence-corrected chi connectivity index (χ3v) is 4.57. The van der Waals surface area contributed by atoms with E-state index in [0.717, 1.165) is 0 Å². The molecule has 0 saturated carbocycles. The molecule has 0 aromatic heterocycles. The first-order valence-corrected chi connectivity index (χ1v) is 6.49. The highest BCUT2D eigenvalue weighted by Gasteiger charge is 2.15. The lowest BCUT2D eigenvalue weighted by atomic mass is 10.4. The van der Waals surface area contributed by atoms with Gasteiger partial charge < -0.3 is 0 Å². The lowest BCUT2D eigenvalue weighted by Crippen LogP contribution is -2.06. The van der Waals surface area contributed by atoms with Crippen LogP contribution in [0.2, 0.25) is 0 Å². The molecule has 1 rings (SSSR count). The van der Waals surface area contributed by atoms with Crippen LogP contribution in [-0.4, -0.2) is 14.2 Å². The monoisotopic (exact) mass is 262 g/mol. The van der Waals surface area contributed by atoms with Crippen LogP contribution >= 0.6 is 15.9 Å². The Morgan fingerprint density at radius 3 is 2.46 bits per heavy atom. The summed E-state index contributed by atoms with van der Waals surface area (Å²) in [6.45, 7) is 1.86. The molecule has 0 aliphatic rings. The minimum Gasteiger partial charge on any atom is -0.224 e. The topological polar surface area (TPSA) is 34.1 Å². The maximum atomic E-state index is 11.6. The van der Waals surface area contributed by atoms with Gasteiger partial charge in [-0.3, -0.25) is 0 Å². The SMILES string of the molecule is CCCS(=O)(=O)c1ccccc1Br. The second kappa shape index (κ2) is 4.24. The maximum absolute atomic E-state index is 11.6. The van der Waals surface area contributed by atoms with Gasteiger partial charge in [0.15, 0.2) is 9.84 Å². The van der Waals surface area contributed by atoms with E-state index in [1.54, 1.807) is 24.3 Å². The van der Waals surface area contributed by atoms with Gasteiger partial charge in [0.1, 0.15) is 0 Å². The summed E-state index contributed by atoms with van der Waals surface area (Å²) in [4.78, 5) is 0.386. The van der Waals surface area contributed by atoms with Crippen molar-refractivity contribution in [2.45, 2.75) is 18.2 Å². The lowest BCUT2D eigenvalue weighted by Gasteiger charge is -2.03. The predicted molar refractivity (Wildman–Crippen MR) is 56.5 cm³/mol. The zero-order valence-corrected chi connectivity index (χ0v) is 9.73. The van der Waals surface area contributed by atoms with E-state index in [0.29, 0.717) is 15.8 Å². The number of hydrogen-bond donors (Lipinski definition) is 0. The van der Waals surface area contributed by atoms with Gasteiger partial charge in [-0.1, -0.05) is 19.1 Å². The second-order valence-electron chi connectivity index (χ2n) is 2.75. The van der Waals surface area contributed by atoms with E-state index >= 15 is 0 Å². The van der Waals surface area contributed by atoms with E-state index in [4.69, 9.17) is 0 Å². The summed E-state index contributed by atoms with van der Waals surface area (Å²) in [5.74, 6) is 0.204. The molecule has 0 aliphatic heterocycles. The second-order valence-corrected chi connectivity index (χ2v) is 5.68. The summed E-state index contributed by atoms with van der Waals surface area (Å²) in [7, 11) is -3.09. The zero-order chi connectivity index (χ0) is 9.90. The van der Waals surface area contributed by atoms with Crippen molar-refractivity contribution in [1.82, 2.24) is 0 Å². The number of hydrogen-bond acceptors (Lipinski definition) is 2. The Bertz CT molecular complexity index is 384. The largest absolute Gasteiger partial charge is 0.224 e. The Hall–Kier alpha value is -0.350. The highest BCUT2D eigenvalue weighted by Crippen LogP contribution is 2.22. The van der Waals surface area contributed by atoms with Gasteiger partial charge in [0.25, 0.3) is 0 Å². The molecule has 0 spiro atoms. The molecule has 0 unspecified atom stereocenters. The molecule has 0 saturated heterocycles. The van der Waals surface area contributed by atoms with Crippen LogP contribution in [0.1, 0.15) is 13.3 Å². The number of sulfone groups is 1. The van der Waals surface area contributed by atoms with E-state index in [2.05, 4.69) is 15.9 Å².